The molecule has 2 aromatic rings. The summed E-state index contributed by atoms with van der Waals surface area (Å²) in [4.78, 5) is 10.9. The predicted octanol–water partition coefficient (Wildman–Crippen LogP) is 2.39. The lowest BCUT2D eigenvalue weighted by atomic mass is 10.2. The van der Waals surface area contributed by atoms with Gasteiger partial charge in [-0.25, -0.2) is 4.79 Å². The average molecular weight is 280 g/mol. The molecule has 0 spiro atoms. The Kier molecular flexibility index (Phi) is 2.62. The van der Waals surface area contributed by atoms with Gasteiger partial charge in [0.1, 0.15) is 0 Å². The molecule has 0 aliphatic rings. The van der Waals surface area contributed by atoms with E-state index in [0.717, 1.165) is 9.15 Å². The van der Waals surface area contributed by atoms with Gasteiger partial charge in [-0.15, -0.1) is 0 Å². The first-order valence-corrected chi connectivity index (χ1v) is 5.20. The maximum atomic E-state index is 10.9. The van der Waals surface area contributed by atoms with Crippen LogP contribution in [0.1, 0.15) is 5.69 Å². The van der Waals surface area contributed by atoms with Crippen LogP contribution in [0.5, 0.6) is 0 Å². The molecule has 0 bridgehead atoms. The minimum absolute atomic E-state index is 0.0956. The van der Waals surface area contributed by atoms with Crippen LogP contribution in [0.3, 0.4) is 0 Å². The van der Waals surface area contributed by atoms with Crippen molar-refractivity contribution in [2.75, 3.05) is 0 Å². The fourth-order valence-corrected chi connectivity index (χ4v) is 1.85. The summed E-state index contributed by atoms with van der Waals surface area (Å²) in [6.07, 6.45) is -1.06. The number of rotatable bonds is 1. The number of halogens is 1. The van der Waals surface area contributed by atoms with Gasteiger partial charge in [-0.1, -0.05) is 15.9 Å². The summed E-state index contributed by atoms with van der Waals surface area (Å²) in [5, 5.41) is 22.2. The van der Waals surface area contributed by atoms with Crippen molar-refractivity contribution in [2.45, 2.75) is 6.42 Å². The van der Waals surface area contributed by atoms with Crippen LogP contribution >= 0.6 is 15.9 Å². The molecule has 1 heterocycles. The Morgan fingerprint density at radius 1 is 1.62 bits per heavy atom. The van der Waals surface area contributed by atoms with Gasteiger partial charge in [0, 0.05) is 9.86 Å². The Balaban J connectivity index is 2.77. The van der Waals surface area contributed by atoms with Crippen molar-refractivity contribution >= 4 is 32.9 Å². The van der Waals surface area contributed by atoms with E-state index in [1.54, 1.807) is 18.2 Å². The standard InChI is InChI=1S/C10H6BrN3O2/c11-6-1-2-7-8(3-4-12)13-14(10(15)16)9(7)5-6/h1-2,5H,3H2,(H,15,16). The van der Waals surface area contributed by atoms with Crippen LogP contribution < -0.4 is 0 Å². The van der Waals surface area contributed by atoms with E-state index in [0.29, 0.717) is 16.6 Å². The first-order chi connectivity index (χ1) is 7.63. The molecule has 0 aliphatic heterocycles. The van der Waals surface area contributed by atoms with Gasteiger partial charge in [-0.05, 0) is 18.2 Å². The van der Waals surface area contributed by atoms with Crippen LogP contribution in [-0.2, 0) is 6.42 Å². The van der Waals surface area contributed by atoms with E-state index in [1.165, 1.54) is 0 Å². The second kappa shape index (κ2) is 3.94. The molecule has 1 N–H and O–H groups in total. The fraction of sp³-hybridized carbons (Fsp3) is 0.100. The van der Waals surface area contributed by atoms with Crippen molar-refractivity contribution in [3.05, 3.63) is 28.4 Å². The van der Waals surface area contributed by atoms with Crippen LogP contribution in [-0.4, -0.2) is 21.0 Å². The van der Waals surface area contributed by atoms with Gasteiger partial charge >= 0.3 is 6.09 Å². The number of nitrogens with zero attached hydrogens (tertiary/aromatic N) is 3. The quantitative estimate of drug-likeness (QED) is 0.869. The van der Waals surface area contributed by atoms with Crippen molar-refractivity contribution in [2.24, 2.45) is 0 Å². The molecule has 0 radical (unpaired) electrons. The highest BCUT2D eigenvalue weighted by Crippen LogP contribution is 2.23. The fourth-order valence-electron chi connectivity index (χ4n) is 1.50. The summed E-state index contributed by atoms with van der Waals surface area (Å²) in [5.74, 6) is 0. The van der Waals surface area contributed by atoms with Gasteiger partial charge < -0.3 is 5.11 Å². The van der Waals surface area contributed by atoms with E-state index in [4.69, 9.17) is 10.4 Å². The smallest absolute Gasteiger partial charge is 0.432 e. The number of fused-ring (bicyclic) bond motifs is 1. The number of benzene rings is 1. The van der Waals surface area contributed by atoms with E-state index < -0.39 is 6.09 Å². The molecule has 0 amide bonds. The Labute approximate surface area is 99.0 Å². The molecule has 0 unspecified atom stereocenters. The number of hydrogen-bond acceptors (Lipinski definition) is 3. The van der Waals surface area contributed by atoms with Crippen LogP contribution in [0, 0.1) is 11.3 Å². The lowest BCUT2D eigenvalue weighted by Crippen LogP contribution is -2.09. The molecule has 16 heavy (non-hydrogen) atoms. The molecule has 80 valence electrons. The molecule has 0 saturated heterocycles. The van der Waals surface area contributed by atoms with Gasteiger partial charge in [0.15, 0.2) is 0 Å². The highest BCUT2D eigenvalue weighted by Gasteiger charge is 2.14. The van der Waals surface area contributed by atoms with Crippen LogP contribution in [0.25, 0.3) is 10.9 Å². The molecule has 2 rings (SSSR count). The molecule has 0 saturated carbocycles. The summed E-state index contributed by atoms with van der Waals surface area (Å²) in [6, 6.07) is 7.16. The molecule has 1 aromatic carbocycles. The van der Waals surface area contributed by atoms with E-state index in [2.05, 4.69) is 21.0 Å². The summed E-state index contributed by atoms with van der Waals surface area (Å²) in [7, 11) is 0. The van der Waals surface area contributed by atoms with E-state index in [9.17, 15) is 4.79 Å². The van der Waals surface area contributed by atoms with Crippen molar-refractivity contribution in [1.82, 2.24) is 9.78 Å². The first-order valence-electron chi connectivity index (χ1n) is 4.41. The molecule has 5 nitrogen and oxygen atoms in total. The van der Waals surface area contributed by atoms with Crippen molar-refractivity contribution in [1.29, 1.82) is 5.26 Å². The second-order valence-corrected chi connectivity index (χ2v) is 4.05. The minimum Gasteiger partial charge on any atom is -0.463 e. The third-order valence-corrected chi connectivity index (χ3v) is 2.64. The molecular weight excluding hydrogens is 274 g/mol. The summed E-state index contributed by atoms with van der Waals surface area (Å²) in [6.45, 7) is 0. The zero-order valence-electron chi connectivity index (χ0n) is 8.01. The van der Waals surface area contributed by atoms with Crippen LogP contribution in [0.2, 0.25) is 0 Å². The molecular formula is C10H6BrN3O2. The van der Waals surface area contributed by atoms with Gasteiger partial charge in [-0.2, -0.15) is 15.0 Å². The lowest BCUT2D eigenvalue weighted by Gasteiger charge is -1.95. The number of hydrogen-bond donors (Lipinski definition) is 1. The van der Waals surface area contributed by atoms with Crippen molar-refractivity contribution < 1.29 is 9.90 Å². The maximum Gasteiger partial charge on any atom is 0.432 e. The third-order valence-electron chi connectivity index (χ3n) is 2.15. The van der Waals surface area contributed by atoms with Crippen molar-refractivity contribution in [3.63, 3.8) is 0 Å². The Bertz CT molecular complexity index is 612. The number of carboxylic acid groups (broad SMARTS) is 1. The zero-order chi connectivity index (χ0) is 11.7. The highest BCUT2D eigenvalue weighted by molar-refractivity contribution is 9.10. The van der Waals surface area contributed by atoms with E-state index >= 15 is 0 Å². The van der Waals surface area contributed by atoms with Crippen molar-refractivity contribution in [3.8, 4) is 6.07 Å². The molecule has 0 fully saturated rings. The van der Waals surface area contributed by atoms with Gasteiger partial charge in [0.2, 0.25) is 0 Å². The zero-order valence-corrected chi connectivity index (χ0v) is 9.60. The summed E-state index contributed by atoms with van der Waals surface area (Å²) >= 11 is 3.26. The molecule has 0 aliphatic carbocycles. The number of aromatic nitrogens is 2. The Morgan fingerprint density at radius 3 is 3.00 bits per heavy atom. The Morgan fingerprint density at radius 2 is 2.38 bits per heavy atom. The highest BCUT2D eigenvalue weighted by atomic mass is 79.9. The van der Waals surface area contributed by atoms with Crippen LogP contribution in [0.15, 0.2) is 22.7 Å². The number of carbonyl (C=O) groups is 1. The van der Waals surface area contributed by atoms with Crippen LogP contribution in [0.4, 0.5) is 4.79 Å². The van der Waals surface area contributed by atoms with Gasteiger partial charge in [-0.3, -0.25) is 0 Å². The second-order valence-electron chi connectivity index (χ2n) is 3.14. The normalized spacial score (nSPS) is 10.2. The lowest BCUT2D eigenvalue weighted by molar-refractivity contribution is 0.194. The molecule has 0 atom stereocenters. The maximum absolute atomic E-state index is 10.9. The molecule has 6 heteroatoms. The third kappa shape index (κ3) is 1.66. The van der Waals surface area contributed by atoms with Gasteiger partial charge in [0.05, 0.1) is 23.7 Å². The topological polar surface area (TPSA) is 78.9 Å². The summed E-state index contributed by atoms with van der Waals surface area (Å²) < 4.78 is 1.65. The monoisotopic (exact) mass is 279 g/mol. The first kappa shape index (κ1) is 10.6. The predicted molar refractivity (Wildman–Crippen MR) is 60.2 cm³/mol. The van der Waals surface area contributed by atoms with E-state index in [1.807, 2.05) is 6.07 Å². The Hall–Kier alpha value is -1.87. The summed E-state index contributed by atoms with van der Waals surface area (Å²) in [5.41, 5.74) is 0.958. The molecule has 1 aromatic heterocycles. The SMILES string of the molecule is N#CCc1nn(C(=O)O)c2cc(Br)ccc12. The number of nitriles is 1. The largest absolute Gasteiger partial charge is 0.463 e. The average Bonchev–Trinajstić information content (AvgIpc) is 2.57. The van der Waals surface area contributed by atoms with Gasteiger partial charge in [0.25, 0.3) is 0 Å². The van der Waals surface area contributed by atoms with E-state index in [-0.39, 0.29) is 6.42 Å². The minimum atomic E-state index is -1.16.